The minimum atomic E-state index is -1.13. The summed E-state index contributed by atoms with van der Waals surface area (Å²) in [7, 11) is 0. The normalized spacial score (nSPS) is 27.2. The first-order valence-electron chi connectivity index (χ1n) is 15.9. The number of nitrogens with zero attached hydrogens (tertiary/aromatic N) is 3. The van der Waals surface area contributed by atoms with E-state index >= 15 is 0 Å². The Balaban J connectivity index is 1.72. The van der Waals surface area contributed by atoms with E-state index in [9.17, 15) is 19.5 Å². The number of esters is 1. The van der Waals surface area contributed by atoms with Crippen molar-refractivity contribution in [1.29, 1.82) is 0 Å². The maximum Gasteiger partial charge on any atom is 0.312 e. The first-order valence-corrected chi connectivity index (χ1v) is 15.9. The zero-order valence-electron chi connectivity index (χ0n) is 26.1. The van der Waals surface area contributed by atoms with E-state index in [0.29, 0.717) is 50.8 Å². The molecule has 5 atom stereocenters. The number of likely N-dealkylation sites (tertiary alicyclic amines) is 1. The number of unbranched alkanes of at least 4 members (excludes halogenated alkanes) is 2. The van der Waals surface area contributed by atoms with Gasteiger partial charge in [-0.05, 0) is 83.1 Å². The van der Waals surface area contributed by atoms with Gasteiger partial charge in [0.15, 0.2) is 0 Å². The van der Waals surface area contributed by atoms with Crippen LogP contribution in [-0.2, 0) is 23.9 Å². The largest absolute Gasteiger partial charge is 0.465 e. The summed E-state index contributed by atoms with van der Waals surface area (Å²) in [6.07, 6.45) is 7.51. The summed E-state index contributed by atoms with van der Waals surface area (Å²) in [6.45, 7) is 16.3. The molecule has 2 bridgehead atoms. The molecule has 0 aromatic heterocycles. The summed E-state index contributed by atoms with van der Waals surface area (Å²) in [6, 6.07) is 6.97. The van der Waals surface area contributed by atoms with Gasteiger partial charge in [-0.15, -0.1) is 13.2 Å². The average molecular weight is 596 g/mol. The Morgan fingerprint density at radius 3 is 2.37 bits per heavy atom. The van der Waals surface area contributed by atoms with E-state index in [4.69, 9.17) is 9.47 Å². The van der Waals surface area contributed by atoms with Crippen molar-refractivity contribution in [3.05, 3.63) is 49.6 Å². The van der Waals surface area contributed by atoms with E-state index in [-0.39, 0.29) is 31.6 Å². The van der Waals surface area contributed by atoms with Gasteiger partial charge in [-0.25, -0.2) is 0 Å². The molecule has 236 valence electrons. The van der Waals surface area contributed by atoms with Gasteiger partial charge < -0.3 is 29.3 Å². The second kappa shape index (κ2) is 14.1. The predicted octanol–water partition coefficient (Wildman–Crippen LogP) is 4.49. The molecule has 0 aliphatic carbocycles. The van der Waals surface area contributed by atoms with Crippen LogP contribution in [0.25, 0.3) is 0 Å². The molecule has 2 amide bonds. The number of aliphatic hydroxyl groups is 1. The Labute approximate surface area is 256 Å². The van der Waals surface area contributed by atoms with Crippen LogP contribution in [0.1, 0.15) is 65.7 Å². The molecule has 3 aliphatic rings. The van der Waals surface area contributed by atoms with Gasteiger partial charge in [0, 0.05) is 44.2 Å². The second-order valence-electron chi connectivity index (χ2n) is 11.8. The molecule has 9 heteroatoms. The fourth-order valence-electron chi connectivity index (χ4n) is 7.51. The van der Waals surface area contributed by atoms with Crippen LogP contribution in [0.4, 0.5) is 11.4 Å². The number of hydrogen-bond donors (Lipinski definition) is 1. The molecule has 1 aromatic rings. The number of carbonyl (C=O) groups excluding carboxylic acids is 3. The lowest BCUT2D eigenvalue weighted by Gasteiger charge is -2.37. The van der Waals surface area contributed by atoms with Crippen LogP contribution in [0.15, 0.2) is 49.6 Å². The van der Waals surface area contributed by atoms with Crippen molar-refractivity contribution in [3.8, 4) is 0 Å². The van der Waals surface area contributed by atoms with Crippen LogP contribution >= 0.6 is 0 Å². The number of carbonyl (C=O) groups is 3. The maximum absolute atomic E-state index is 14.7. The van der Waals surface area contributed by atoms with Crippen LogP contribution in [-0.4, -0.2) is 84.4 Å². The molecule has 43 heavy (non-hydrogen) atoms. The van der Waals surface area contributed by atoms with Gasteiger partial charge in [-0.3, -0.25) is 14.4 Å². The van der Waals surface area contributed by atoms with Gasteiger partial charge in [0.25, 0.3) is 5.91 Å². The van der Waals surface area contributed by atoms with Gasteiger partial charge in [0.2, 0.25) is 5.91 Å². The number of fused-ring (bicyclic) bond motifs is 1. The Hall–Kier alpha value is -3.17. The highest BCUT2D eigenvalue weighted by Gasteiger charge is 2.79. The third kappa shape index (κ3) is 5.86. The topological polar surface area (TPSA) is 99.6 Å². The quantitative estimate of drug-likeness (QED) is 0.161. The highest BCUT2D eigenvalue weighted by atomic mass is 16.6. The molecule has 3 aliphatic heterocycles. The summed E-state index contributed by atoms with van der Waals surface area (Å²) in [5.41, 5.74) is -0.203. The third-order valence-electron chi connectivity index (χ3n) is 9.64. The van der Waals surface area contributed by atoms with Crippen LogP contribution in [0.3, 0.4) is 0 Å². The Kier molecular flexibility index (Phi) is 10.7. The first-order chi connectivity index (χ1) is 20.8. The smallest absolute Gasteiger partial charge is 0.312 e. The number of anilines is 2. The molecule has 1 spiro atoms. The SMILES string of the molecule is C=CCCCOC(=O)[C@H]1[C@H]2C(=O)N(CCCCO)C(C(=O)N(CC=C)c3ccc(N(CC)CC)cc3)C23CC[C@]1(CC)O3. The summed E-state index contributed by atoms with van der Waals surface area (Å²) in [5, 5.41) is 9.47. The van der Waals surface area contributed by atoms with Crippen LogP contribution in [0, 0.1) is 11.8 Å². The minimum absolute atomic E-state index is 0.00814. The lowest BCUT2D eigenvalue weighted by Crippen LogP contribution is -2.56. The van der Waals surface area contributed by atoms with Gasteiger partial charge in [0.1, 0.15) is 17.6 Å². The zero-order valence-corrected chi connectivity index (χ0v) is 26.1. The average Bonchev–Trinajstić information content (AvgIpc) is 3.62. The molecule has 1 aromatic carbocycles. The van der Waals surface area contributed by atoms with E-state index in [0.717, 1.165) is 25.2 Å². The summed E-state index contributed by atoms with van der Waals surface area (Å²) in [5.74, 6) is -2.49. The standard InChI is InChI=1S/C34H49N3O6/c1-6-11-14-24-42-32(41)28-27-30(39)37(22-12-13-23-38)29(34(27)20-19-33(28,8-3)43-34)31(40)36(21-7-2)26-17-15-25(16-18-26)35(9-4)10-5/h6-7,15-18,27-29,38H,1-2,8-14,19-24H2,3-5H3/t27-,28+,29?,33-,34?/m0/s1. The molecule has 0 saturated carbocycles. The fourth-order valence-corrected chi connectivity index (χ4v) is 7.51. The predicted molar refractivity (Wildman–Crippen MR) is 168 cm³/mol. The van der Waals surface area contributed by atoms with Gasteiger partial charge in [-0.1, -0.05) is 19.1 Å². The molecule has 3 fully saturated rings. The number of aliphatic hydroxyl groups excluding tert-OH is 1. The van der Waals surface area contributed by atoms with E-state index in [1.165, 1.54) is 0 Å². The number of hydrogen-bond acceptors (Lipinski definition) is 7. The van der Waals surface area contributed by atoms with E-state index < -0.39 is 35.0 Å². The Morgan fingerprint density at radius 1 is 1.07 bits per heavy atom. The maximum atomic E-state index is 14.7. The number of allylic oxidation sites excluding steroid dienone is 1. The number of benzene rings is 1. The van der Waals surface area contributed by atoms with Crippen LogP contribution < -0.4 is 9.80 Å². The van der Waals surface area contributed by atoms with Crippen molar-refractivity contribution in [2.24, 2.45) is 11.8 Å². The van der Waals surface area contributed by atoms with Crippen molar-refractivity contribution >= 4 is 29.2 Å². The van der Waals surface area contributed by atoms with E-state index in [2.05, 4.69) is 31.9 Å². The third-order valence-corrected chi connectivity index (χ3v) is 9.64. The van der Waals surface area contributed by atoms with Crippen LogP contribution in [0.2, 0.25) is 0 Å². The summed E-state index contributed by atoms with van der Waals surface area (Å²) in [4.78, 5) is 48.2. The lowest BCUT2D eigenvalue weighted by atomic mass is 9.65. The van der Waals surface area contributed by atoms with Crippen molar-refractivity contribution in [2.45, 2.75) is 83.0 Å². The second-order valence-corrected chi connectivity index (χ2v) is 11.8. The molecule has 2 unspecified atom stereocenters. The zero-order chi connectivity index (χ0) is 31.2. The summed E-state index contributed by atoms with van der Waals surface area (Å²) >= 11 is 0. The highest BCUT2D eigenvalue weighted by molar-refractivity contribution is 6.05. The van der Waals surface area contributed by atoms with Crippen molar-refractivity contribution in [1.82, 2.24) is 4.90 Å². The fraction of sp³-hybridized carbons (Fsp3) is 0.618. The van der Waals surface area contributed by atoms with E-state index in [1.54, 1.807) is 22.0 Å². The minimum Gasteiger partial charge on any atom is -0.465 e. The summed E-state index contributed by atoms with van der Waals surface area (Å²) < 4.78 is 12.6. The van der Waals surface area contributed by atoms with Crippen molar-refractivity contribution < 1.29 is 29.0 Å². The monoisotopic (exact) mass is 595 g/mol. The molecule has 3 heterocycles. The molecule has 3 saturated heterocycles. The molecule has 4 rings (SSSR count). The Bertz CT molecular complexity index is 1170. The number of ether oxygens (including phenoxy) is 2. The first kappa shape index (κ1) is 32.7. The Morgan fingerprint density at radius 2 is 1.77 bits per heavy atom. The van der Waals surface area contributed by atoms with Crippen molar-refractivity contribution in [3.63, 3.8) is 0 Å². The highest BCUT2D eigenvalue weighted by Crippen LogP contribution is 2.64. The molecular weight excluding hydrogens is 546 g/mol. The molecule has 1 N–H and O–H groups in total. The molecular formula is C34H49N3O6. The van der Waals surface area contributed by atoms with Crippen molar-refractivity contribution in [2.75, 3.05) is 49.2 Å². The van der Waals surface area contributed by atoms with Gasteiger partial charge in [-0.2, -0.15) is 0 Å². The molecule has 9 nitrogen and oxygen atoms in total. The number of amides is 2. The van der Waals surface area contributed by atoms with Crippen LogP contribution in [0.5, 0.6) is 0 Å². The van der Waals surface area contributed by atoms with Gasteiger partial charge >= 0.3 is 5.97 Å². The molecule has 0 radical (unpaired) electrons. The van der Waals surface area contributed by atoms with E-state index in [1.807, 2.05) is 31.2 Å². The number of rotatable bonds is 17. The lowest BCUT2D eigenvalue weighted by molar-refractivity contribution is -0.161. The van der Waals surface area contributed by atoms with Gasteiger partial charge in [0.05, 0.1) is 18.1 Å².